The van der Waals surface area contributed by atoms with E-state index in [1.54, 1.807) is 31.2 Å². The molecule has 6 nitrogen and oxygen atoms in total. The largest absolute Gasteiger partial charge is 0.462 e. The van der Waals surface area contributed by atoms with Gasteiger partial charge in [0.1, 0.15) is 10.8 Å². The molecular weight excluding hydrogens is 354 g/mol. The Labute approximate surface area is 155 Å². The second kappa shape index (κ2) is 7.70. The normalized spacial score (nSPS) is 12.4. The number of benzene rings is 1. The van der Waals surface area contributed by atoms with E-state index in [0.717, 1.165) is 29.7 Å². The summed E-state index contributed by atoms with van der Waals surface area (Å²) in [6.07, 6.45) is 2.70. The predicted octanol–water partition coefficient (Wildman–Crippen LogP) is 3.59. The van der Waals surface area contributed by atoms with Gasteiger partial charge in [0.2, 0.25) is 0 Å². The third kappa shape index (κ3) is 3.62. The number of ether oxygens (including phenoxy) is 2. The first kappa shape index (κ1) is 18.1. The zero-order chi connectivity index (χ0) is 18.7. The Morgan fingerprint density at radius 3 is 2.69 bits per heavy atom. The van der Waals surface area contributed by atoms with Gasteiger partial charge in [-0.15, -0.1) is 11.3 Å². The van der Waals surface area contributed by atoms with Crippen LogP contribution >= 0.6 is 11.3 Å². The number of para-hydroxylation sites is 1. The minimum absolute atomic E-state index is 0.180. The SMILES string of the molecule is CCOC(=O)c1c(NC(=O)c2ccccc2OC(C)=O)sc2c1CCC2. The number of anilines is 1. The molecule has 3 rings (SSSR count). The van der Waals surface area contributed by atoms with Crippen LogP contribution in [0.15, 0.2) is 24.3 Å². The fourth-order valence-electron chi connectivity index (χ4n) is 2.98. The summed E-state index contributed by atoms with van der Waals surface area (Å²) >= 11 is 1.41. The number of amides is 1. The molecule has 0 aliphatic heterocycles. The van der Waals surface area contributed by atoms with E-state index in [4.69, 9.17) is 9.47 Å². The van der Waals surface area contributed by atoms with E-state index in [-0.39, 0.29) is 17.9 Å². The first-order chi connectivity index (χ1) is 12.5. The van der Waals surface area contributed by atoms with Crippen molar-refractivity contribution in [1.82, 2.24) is 0 Å². The molecule has 0 atom stereocenters. The summed E-state index contributed by atoms with van der Waals surface area (Å²) in [4.78, 5) is 37.5. The maximum Gasteiger partial charge on any atom is 0.341 e. The van der Waals surface area contributed by atoms with E-state index >= 15 is 0 Å². The molecule has 136 valence electrons. The van der Waals surface area contributed by atoms with E-state index in [1.165, 1.54) is 18.3 Å². The van der Waals surface area contributed by atoms with Crippen LogP contribution in [0.3, 0.4) is 0 Å². The molecule has 7 heteroatoms. The van der Waals surface area contributed by atoms with E-state index in [1.807, 2.05) is 0 Å². The summed E-state index contributed by atoms with van der Waals surface area (Å²) in [5.41, 5.74) is 1.64. The quantitative estimate of drug-likeness (QED) is 0.640. The van der Waals surface area contributed by atoms with Crippen LogP contribution in [0, 0.1) is 0 Å². The molecule has 1 heterocycles. The van der Waals surface area contributed by atoms with Gasteiger partial charge in [-0.05, 0) is 43.9 Å². The number of fused-ring (bicyclic) bond motifs is 1. The van der Waals surface area contributed by atoms with Crippen LogP contribution in [0.4, 0.5) is 5.00 Å². The molecule has 0 bridgehead atoms. The number of hydrogen-bond donors (Lipinski definition) is 1. The van der Waals surface area contributed by atoms with E-state index in [0.29, 0.717) is 10.6 Å². The lowest BCUT2D eigenvalue weighted by atomic mass is 10.1. The third-order valence-corrected chi connectivity index (χ3v) is 5.22. The van der Waals surface area contributed by atoms with Gasteiger partial charge in [-0.25, -0.2) is 4.79 Å². The van der Waals surface area contributed by atoms with Crippen molar-refractivity contribution in [2.75, 3.05) is 11.9 Å². The molecule has 0 radical (unpaired) electrons. The van der Waals surface area contributed by atoms with E-state index in [9.17, 15) is 14.4 Å². The van der Waals surface area contributed by atoms with Crippen LogP contribution in [0.25, 0.3) is 0 Å². The fraction of sp³-hybridized carbons (Fsp3) is 0.316. The summed E-state index contributed by atoms with van der Waals surface area (Å²) in [6, 6.07) is 6.48. The molecule has 1 amide bonds. The molecular formula is C19H19NO5S. The van der Waals surface area contributed by atoms with Gasteiger partial charge >= 0.3 is 11.9 Å². The van der Waals surface area contributed by atoms with Gasteiger partial charge in [-0.1, -0.05) is 12.1 Å². The van der Waals surface area contributed by atoms with Crippen molar-refractivity contribution in [1.29, 1.82) is 0 Å². The van der Waals surface area contributed by atoms with Gasteiger partial charge in [0, 0.05) is 11.8 Å². The van der Waals surface area contributed by atoms with Crippen molar-refractivity contribution in [2.45, 2.75) is 33.1 Å². The highest BCUT2D eigenvalue weighted by atomic mass is 32.1. The van der Waals surface area contributed by atoms with Crippen molar-refractivity contribution < 1.29 is 23.9 Å². The molecule has 1 aliphatic rings. The molecule has 1 aliphatic carbocycles. The van der Waals surface area contributed by atoms with Crippen molar-refractivity contribution >= 4 is 34.2 Å². The monoisotopic (exact) mass is 373 g/mol. The summed E-state index contributed by atoms with van der Waals surface area (Å²) in [5, 5.41) is 3.28. The molecule has 1 N–H and O–H groups in total. The van der Waals surface area contributed by atoms with Crippen LogP contribution < -0.4 is 10.1 Å². The fourth-order valence-corrected chi connectivity index (χ4v) is 4.25. The standard InChI is InChI=1S/C19H19NO5S/c1-3-24-19(23)16-13-8-6-10-15(13)26-18(16)20-17(22)12-7-4-5-9-14(12)25-11(2)21/h4-5,7,9H,3,6,8,10H2,1-2H3,(H,20,22). The second-order valence-electron chi connectivity index (χ2n) is 5.83. The van der Waals surface area contributed by atoms with Crippen molar-refractivity contribution in [3.8, 4) is 5.75 Å². The number of aryl methyl sites for hydroxylation is 1. The average molecular weight is 373 g/mol. The van der Waals surface area contributed by atoms with Gasteiger partial charge in [0.25, 0.3) is 5.91 Å². The Morgan fingerprint density at radius 2 is 1.96 bits per heavy atom. The minimum atomic E-state index is -0.507. The van der Waals surface area contributed by atoms with Gasteiger partial charge in [0.05, 0.1) is 17.7 Å². The Morgan fingerprint density at radius 1 is 1.19 bits per heavy atom. The van der Waals surface area contributed by atoms with Gasteiger partial charge in [-0.2, -0.15) is 0 Å². The number of rotatable bonds is 5. The highest BCUT2D eigenvalue weighted by molar-refractivity contribution is 7.17. The maximum absolute atomic E-state index is 12.7. The molecule has 0 fully saturated rings. The third-order valence-electron chi connectivity index (χ3n) is 4.01. The minimum Gasteiger partial charge on any atom is -0.462 e. The number of esters is 2. The molecule has 1 aromatic heterocycles. The average Bonchev–Trinajstić information content (AvgIpc) is 3.15. The first-order valence-corrected chi connectivity index (χ1v) is 9.23. The smallest absolute Gasteiger partial charge is 0.341 e. The zero-order valence-electron chi connectivity index (χ0n) is 14.6. The van der Waals surface area contributed by atoms with Crippen molar-refractivity contribution in [2.24, 2.45) is 0 Å². The van der Waals surface area contributed by atoms with Crippen molar-refractivity contribution in [3.05, 3.63) is 45.8 Å². The molecule has 0 saturated heterocycles. The number of nitrogens with one attached hydrogen (secondary N) is 1. The first-order valence-electron chi connectivity index (χ1n) is 8.41. The Balaban J connectivity index is 1.91. The van der Waals surface area contributed by atoms with Crippen molar-refractivity contribution in [3.63, 3.8) is 0 Å². The highest BCUT2D eigenvalue weighted by Crippen LogP contribution is 2.40. The Bertz CT molecular complexity index is 871. The lowest BCUT2D eigenvalue weighted by molar-refractivity contribution is -0.131. The lowest BCUT2D eigenvalue weighted by Crippen LogP contribution is -2.17. The number of thiophene rings is 1. The van der Waals surface area contributed by atoms with Crippen LogP contribution in [-0.4, -0.2) is 24.5 Å². The van der Waals surface area contributed by atoms with Crippen LogP contribution in [0.2, 0.25) is 0 Å². The predicted molar refractivity (Wildman–Crippen MR) is 98.0 cm³/mol. The van der Waals surface area contributed by atoms with E-state index < -0.39 is 17.8 Å². The van der Waals surface area contributed by atoms with Crippen LogP contribution in [0.1, 0.15) is 51.4 Å². The zero-order valence-corrected chi connectivity index (χ0v) is 15.4. The molecule has 2 aromatic rings. The Hall–Kier alpha value is -2.67. The van der Waals surface area contributed by atoms with Gasteiger partial charge < -0.3 is 14.8 Å². The summed E-state index contributed by atoms with van der Waals surface area (Å²) in [7, 11) is 0. The summed E-state index contributed by atoms with van der Waals surface area (Å²) in [5.74, 6) is -1.19. The summed E-state index contributed by atoms with van der Waals surface area (Å²) < 4.78 is 10.3. The Kier molecular flexibility index (Phi) is 5.37. The topological polar surface area (TPSA) is 81.7 Å². The van der Waals surface area contributed by atoms with Crippen LogP contribution in [0.5, 0.6) is 5.75 Å². The number of carbonyl (C=O) groups excluding carboxylic acids is 3. The maximum atomic E-state index is 12.7. The molecule has 1 aromatic carbocycles. The lowest BCUT2D eigenvalue weighted by Gasteiger charge is -2.10. The summed E-state index contributed by atoms with van der Waals surface area (Å²) in [6.45, 7) is 3.29. The highest BCUT2D eigenvalue weighted by Gasteiger charge is 2.29. The molecule has 0 saturated carbocycles. The van der Waals surface area contributed by atoms with E-state index in [2.05, 4.69) is 5.32 Å². The molecule has 26 heavy (non-hydrogen) atoms. The van der Waals surface area contributed by atoms with Gasteiger partial charge in [0.15, 0.2) is 0 Å². The number of carbonyl (C=O) groups is 3. The second-order valence-corrected chi connectivity index (χ2v) is 6.93. The van der Waals surface area contributed by atoms with Gasteiger partial charge in [-0.3, -0.25) is 9.59 Å². The molecule has 0 spiro atoms. The molecule has 0 unspecified atom stereocenters. The number of hydrogen-bond acceptors (Lipinski definition) is 6. The van der Waals surface area contributed by atoms with Crippen LogP contribution in [-0.2, 0) is 22.4 Å².